The van der Waals surface area contributed by atoms with Crippen LogP contribution in [0.15, 0.2) is 0 Å². The Balaban J connectivity index is 2.27. The minimum absolute atomic E-state index is 0.0717. The third-order valence-electron chi connectivity index (χ3n) is 1.68. The summed E-state index contributed by atoms with van der Waals surface area (Å²) >= 11 is 0. The topological polar surface area (TPSA) is 43.6 Å². The van der Waals surface area contributed by atoms with Crippen LogP contribution in [0, 0.1) is 0 Å². The normalized spacial score (nSPS) is 18.5. The van der Waals surface area contributed by atoms with Crippen LogP contribution in [-0.4, -0.2) is 50.7 Å². The molecule has 0 spiro atoms. The molecule has 1 aliphatic rings. The summed E-state index contributed by atoms with van der Waals surface area (Å²) in [6, 6.07) is 0. The molecular weight excluding hydrogens is 144 g/mol. The fraction of sp³-hybridized carbons (Fsp3) is 0.857. The fourth-order valence-corrected chi connectivity index (χ4v) is 1.07. The van der Waals surface area contributed by atoms with Gasteiger partial charge >= 0.3 is 0 Å². The summed E-state index contributed by atoms with van der Waals surface area (Å²) in [4.78, 5) is 12.9. The van der Waals surface area contributed by atoms with Crippen molar-refractivity contribution in [1.82, 2.24) is 10.2 Å². The van der Waals surface area contributed by atoms with E-state index >= 15 is 0 Å². The van der Waals surface area contributed by atoms with Gasteiger partial charge in [0, 0.05) is 33.3 Å². The SMILES string of the molecule is COCC(=O)N1CC[N]CC1. The molecule has 0 aromatic heterocycles. The van der Waals surface area contributed by atoms with Gasteiger partial charge in [0.2, 0.25) is 5.91 Å². The first-order chi connectivity index (χ1) is 5.34. The summed E-state index contributed by atoms with van der Waals surface area (Å²) in [5.41, 5.74) is 0. The molecule has 1 amide bonds. The highest BCUT2D eigenvalue weighted by molar-refractivity contribution is 5.77. The predicted octanol–water partition coefficient (Wildman–Crippen LogP) is -0.921. The summed E-state index contributed by atoms with van der Waals surface area (Å²) in [5.74, 6) is 0.0717. The van der Waals surface area contributed by atoms with Gasteiger partial charge < -0.3 is 9.64 Å². The second-order valence-electron chi connectivity index (χ2n) is 2.48. The third-order valence-corrected chi connectivity index (χ3v) is 1.68. The first kappa shape index (κ1) is 8.49. The third kappa shape index (κ3) is 2.48. The van der Waals surface area contributed by atoms with Crippen LogP contribution in [0.2, 0.25) is 0 Å². The Labute approximate surface area is 66.5 Å². The summed E-state index contributed by atoms with van der Waals surface area (Å²) in [6.45, 7) is 3.25. The molecule has 0 saturated carbocycles. The lowest BCUT2D eigenvalue weighted by Gasteiger charge is -2.26. The van der Waals surface area contributed by atoms with Crippen LogP contribution < -0.4 is 5.32 Å². The average Bonchev–Trinajstić information content (AvgIpc) is 2.07. The Hall–Kier alpha value is -0.610. The number of methoxy groups -OCH3 is 1. The van der Waals surface area contributed by atoms with Crippen LogP contribution in [0.3, 0.4) is 0 Å². The molecule has 11 heavy (non-hydrogen) atoms. The molecule has 0 atom stereocenters. The van der Waals surface area contributed by atoms with Crippen molar-refractivity contribution in [1.29, 1.82) is 0 Å². The fourth-order valence-electron chi connectivity index (χ4n) is 1.07. The molecule has 0 N–H and O–H groups in total. The highest BCUT2D eigenvalue weighted by atomic mass is 16.5. The zero-order valence-corrected chi connectivity index (χ0v) is 6.75. The van der Waals surface area contributed by atoms with Gasteiger partial charge in [-0.15, -0.1) is 0 Å². The summed E-state index contributed by atoms with van der Waals surface area (Å²) in [7, 11) is 1.53. The van der Waals surface area contributed by atoms with Gasteiger partial charge in [0.1, 0.15) is 6.61 Å². The van der Waals surface area contributed by atoms with Gasteiger partial charge in [0.25, 0.3) is 0 Å². The molecule has 0 aliphatic carbocycles. The van der Waals surface area contributed by atoms with E-state index in [0.29, 0.717) is 0 Å². The van der Waals surface area contributed by atoms with Crippen molar-refractivity contribution >= 4 is 5.91 Å². The average molecular weight is 157 g/mol. The van der Waals surface area contributed by atoms with E-state index in [1.54, 1.807) is 4.90 Å². The molecule has 0 aromatic carbocycles. The lowest BCUT2D eigenvalue weighted by molar-refractivity contribution is -0.135. The molecule has 4 nitrogen and oxygen atoms in total. The Morgan fingerprint density at radius 1 is 1.55 bits per heavy atom. The summed E-state index contributed by atoms with van der Waals surface area (Å²) in [6.07, 6.45) is 0. The van der Waals surface area contributed by atoms with Gasteiger partial charge in [-0.25, -0.2) is 5.32 Å². The zero-order chi connectivity index (χ0) is 8.10. The number of carbonyl (C=O) groups is 1. The van der Waals surface area contributed by atoms with E-state index in [1.807, 2.05) is 0 Å². The molecule has 4 heteroatoms. The summed E-state index contributed by atoms with van der Waals surface area (Å²) < 4.78 is 4.74. The van der Waals surface area contributed by atoms with Gasteiger partial charge in [-0.3, -0.25) is 4.79 Å². The Morgan fingerprint density at radius 2 is 2.18 bits per heavy atom. The largest absolute Gasteiger partial charge is 0.375 e. The van der Waals surface area contributed by atoms with Gasteiger partial charge in [-0.05, 0) is 0 Å². The lowest BCUT2D eigenvalue weighted by atomic mass is 10.3. The van der Waals surface area contributed by atoms with E-state index in [1.165, 1.54) is 7.11 Å². The number of rotatable bonds is 2. The van der Waals surface area contributed by atoms with Crippen LogP contribution in [0.25, 0.3) is 0 Å². The zero-order valence-electron chi connectivity index (χ0n) is 6.75. The Morgan fingerprint density at radius 3 is 2.73 bits per heavy atom. The number of piperazine rings is 1. The van der Waals surface area contributed by atoms with Crippen molar-refractivity contribution in [3.8, 4) is 0 Å². The standard InChI is InChI=1S/C7H13N2O2/c1-11-6-7(10)9-4-2-8-3-5-9/h2-6H2,1H3. The minimum atomic E-state index is 0.0717. The van der Waals surface area contributed by atoms with Gasteiger partial charge in [0.15, 0.2) is 0 Å². The van der Waals surface area contributed by atoms with Gasteiger partial charge in [-0.2, -0.15) is 0 Å². The van der Waals surface area contributed by atoms with Crippen molar-refractivity contribution in [2.24, 2.45) is 0 Å². The van der Waals surface area contributed by atoms with Crippen LogP contribution in [0.4, 0.5) is 0 Å². The highest BCUT2D eigenvalue weighted by Crippen LogP contribution is 1.93. The maximum absolute atomic E-state index is 11.2. The molecule has 1 aliphatic heterocycles. The summed E-state index contributed by atoms with van der Waals surface area (Å²) in [5, 5.41) is 4.14. The highest BCUT2D eigenvalue weighted by Gasteiger charge is 2.15. The van der Waals surface area contributed by atoms with Crippen LogP contribution >= 0.6 is 0 Å². The molecule has 63 valence electrons. The number of amides is 1. The lowest BCUT2D eigenvalue weighted by Crippen LogP contribution is -2.45. The number of hydrogen-bond donors (Lipinski definition) is 0. The monoisotopic (exact) mass is 157 g/mol. The van der Waals surface area contributed by atoms with Gasteiger partial charge in [0.05, 0.1) is 0 Å². The van der Waals surface area contributed by atoms with E-state index in [0.717, 1.165) is 26.2 Å². The quantitative estimate of drug-likeness (QED) is 0.520. The molecule has 1 rings (SSSR count). The van der Waals surface area contributed by atoms with E-state index in [4.69, 9.17) is 4.74 Å². The second-order valence-corrected chi connectivity index (χ2v) is 2.48. The van der Waals surface area contributed by atoms with Crippen LogP contribution in [0.5, 0.6) is 0 Å². The Kier molecular flexibility index (Phi) is 3.32. The minimum Gasteiger partial charge on any atom is -0.375 e. The van der Waals surface area contributed by atoms with E-state index in [9.17, 15) is 4.79 Å². The molecular formula is C7H13N2O2. The molecule has 1 saturated heterocycles. The number of nitrogens with zero attached hydrogens (tertiary/aromatic N) is 2. The molecule has 0 bridgehead atoms. The predicted molar refractivity (Wildman–Crippen MR) is 40.3 cm³/mol. The smallest absolute Gasteiger partial charge is 0.248 e. The molecule has 1 heterocycles. The number of hydrogen-bond acceptors (Lipinski definition) is 2. The molecule has 0 aromatic rings. The van der Waals surface area contributed by atoms with Crippen molar-refractivity contribution in [3.63, 3.8) is 0 Å². The van der Waals surface area contributed by atoms with Crippen LogP contribution in [0.1, 0.15) is 0 Å². The van der Waals surface area contributed by atoms with E-state index in [2.05, 4.69) is 5.32 Å². The van der Waals surface area contributed by atoms with Crippen molar-refractivity contribution in [2.75, 3.05) is 39.9 Å². The number of ether oxygens (including phenoxy) is 1. The molecule has 0 unspecified atom stereocenters. The maximum Gasteiger partial charge on any atom is 0.248 e. The Bertz CT molecular complexity index is 132. The molecule has 1 fully saturated rings. The molecule has 1 radical (unpaired) electrons. The second kappa shape index (κ2) is 4.31. The van der Waals surface area contributed by atoms with E-state index < -0.39 is 0 Å². The van der Waals surface area contributed by atoms with Crippen LogP contribution in [-0.2, 0) is 9.53 Å². The number of carbonyl (C=O) groups excluding carboxylic acids is 1. The first-order valence-corrected chi connectivity index (χ1v) is 3.74. The van der Waals surface area contributed by atoms with Crippen molar-refractivity contribution in [3.05, 3.63) is 0 Å². The van der Waals surface area contributed by atoms with Crippen molar-refractivity contribution in [2.45, 2.75) is 0 Å². The van der Waals surface area contributed by atoms with E-state index in [-0.39, 0.29) is 12.5 Å². The van der Waals surface area contributed by atoms with Crippen molar-refractivity contribution < 1.29 is 9.53 Å². The maximum atomic E-state index is 11.2. The van der Waals surface area contributed by atoms with Gasteiger partial charge in [-0.1, -0.05) is 0 Å². The first-order valence-electron chi connectivity index (χ1n) is 3.74.